The van der Waals surface area contributed by atoms with E-state index < -0.39 is 6.04 Å². The number of halogens is 1. The fourth-order valence-corrected chi connectivity index (χ4v) is 2.67. The van der Waals surface area contributed by atoms with E-state index in [1.165, 1.54) is 0 Å². The van der Waals surface area contributed by atoms with E-state index >= 15 is 0 Å². The summed E-state index contributed by atoms with van der Waals surface area (Å²) in [6.45, 7) is 0. The summed E-state index contributed by atoms with van der Waals surface area (Å²) in [7, 11) is 0. The van der Waals surface area contributed by atoms with Gasteiger partial charge in [-0.15, -0.1) is 0 Å². The second-order valence-corrected chi connectivity index (χ2v) is 5.48. The molecule has 0 spiro atoms. The maximum Gasteiger partial charge on any atom is 0.247 e. The van der Waals surface area contributed by atoms with Gasteiger partial charge in [0, 0.05) is 10.2 Å². The number of nitrogens with zero attached hydrogens (tertiary/aromatic N) is 1. The number of rotatable bonds is 2. The minimum atomic E-state index is -0.457. The maximum absolute atomic E-state index is 12.0. The zero-order chi connectivity index (χ0) is 13.4. The highest BCUT2D eigenvalue weighted by molar-refractivity contribution is 9.10. The van der Waals surface area contributed by atoms with Crippen LogP contribution in [-0.4, -0.2) is 11.9 Å². The molecule has 3 rings (SSSR count). The molecule has 1 fully saturated rings. The summed E-state index contributed by atoms with van der Waals surface area (Å²) in [6.07, 6.45) is 0. The molecule has 2 atom stereocenters. The van der Waals surface area contributed by atoms with Crippen molar-refractivity contribution in [2.75, 3.05) is 4.90 Å². The highest BCUT2D eigenvalue weighted by Gasteiger charge is 2.46. The third kappa shape index (κ3) is 2.07. The van der Waals surface area contributed by atoms with E-state index in [1.54, 1.807) is 4.90 Å². The lowest BCUT2D eigenvalue weighted by atomic mass is 9.88. The number of amides is 1. The highest BCUT2D eigenvalue weighted by Crippen LogP contribution is 2.38. The smallest absolute Gasteiger partial charge is 0.247 e. The molecule has 0 saturated carbocycles. The zero-order valence-electron chi connectivity index (χ0n) is 10.2. The van der Waals surface area contributed by atoms with Crippen LogP contribution < -0.4 is 10.6 Å². The van der Waals surface area contributed by atoms with Gasteiger partial charge in [-0.1, -0.05) is 46.3 Å². The molecule has 2 aromatic rings. The lowest BCUT2D eigenvalue weighted by Crippen LogP contribution is -2.63. The van der Waals surface area contributed by atoms with E-state index in [-0.39, 0.29) is 11.9 Å². The van der Waals surface area contributed by atoms with Crippen LogP contribution in [0.4, 0.5) is 5.69 Å². The molecule has 0 bridgehead atoms. The van der Waals surface area contributed by atoms with Crippen LogP contribution in [0.25, 0.3) is 0 Å². The van der Waals surface area contributed by atoms with Gasteiger partial charge in [0.15, 0.2) is 0 Å². The lowest BCUT2D eigenvalue weighted by molar-refractivity contribution is -0.126. The molecule has 2 aromatic carbocycles. The number of β-lactam (4-membered cyclic amide) rings is 1. The van der Waals surface area contributed by atoms with Crippen molar-refractivity contribution in [2.45, 2.75) is 12.1 Å². The van der Waals surface area contributed by atoms with Crippen LogP contribution >= 0.6 is 15.9 Å². The fraction of sp³-hybridized carbons (Fsp3) is 0.133. The van der Waals surface area contributed by atoms with Crippen molar-refractivity contribution in [3.05, 3.63) is 64.6 Å². The number of nitrogens with two attached hydrogens (primary N) is 1. The van der Waals surface area contributed by atoms with Crippen molar-refractivity contribution < 1.29 is 4.79 Å². The molecule has 96 valence electrons. The zero-order valence-corrected chi connectivity index (χ0v) is 11.7. The Hall–Kier alpha value is -1.65. The predicted octanol–water partition coefficient (Wildman–Crippen LogP) is 2.86. The first-order valence-electron chi connectivity index (χ1n) is 6.07. The number of carbonyl (C=O) groups excluding carboxylic acids is 1. The van der Waals surface area contributed by atoms with Gasteiger partial charge >= 0.3 is 0 Å². The molecule has 1 aliphatic heterocycles. The Balaban J connectivity index is 1.96. The van der Waals surface area contributed by atoms with Crippen LogP contribution in [0.2, 0.25) is 0 Å². The molecule has 0 aromatic heterocycles. The molecule has 3 nitrogen and oxygen atoms in total. The van der Waals surface area contributed by atoms with E-state index in [9.17, 15) is 4.79 Å². The standard InChI is InChI=1S/C15H13BrN2O/c16-11-8-6-10(7-9-11)14-13(17)15(19)18(14)12-4-2-1-3-5-12/h1-9,13-14H,17H2/t13-,14+/m0/s1. The highest BCUT2D eigenvalue weighted by atomic mass is 79.9. The lowest BCUT2D eigenvalue weighted by Gasteiger charge is -2.45. The molecule has 1 saturated heterocycles. The molecule has 0 unspecified atom stereocenters. The summed E-state index contributed by atoms with van der Waals surface area (Å²) in [6, 6.07) is 17.0. The Kier molecular flexibility index (Phi) is 3.12. The molecular formula is C15H13BrN2O. The van der Waals surface area contributed by atoms with Crippen molar-refractivity contribution >= 4 is 27.5 Å². The Morgan fingerprint density at radius 1 is 1.00 bits per heavy atom. The molecule has 0 radical (unpaired) electrons. The quantitative estimate of drug-likeness (QED) is 0.866. The molecular weight excluding hydrogens is 304 g/mol. The van der Waals surface area contributed by atoms with E-state index in [0.717, 1.165) is 15.7 Å². The molecule has 1 heterocycles. The second-order valence-electron chi connectivity index (χ2n) is 4.57. The van der Waals surface area contributed by atoms with Crippen LogP contribution in [0.1, 0.15) is 11.6 Å². The first-order valence-corrected chi connectivity index (χ1v) is 6.87. The molecule has 1 aliphatic rings. The number of para-hydroxylation sites is 1. The number of anilines is 1. The van der Waals surface area contributed by atoms with Gasteiger partial charge in [-0.2, -0.15) is 0 Å². The largest absolute Gasteiger partial charge is 0.318 e. The Morgan fingerprint density at radius 3 is 2.26 bits per heavy atom. The van der Waals surface area contributed by atoms with Crippen molar-refractivity contribution in [1.82, 2.24) is 0 Å². The minimum Gasteiger partial charge on any atom is -0.318 e. The Bertz CT molecular complexity index is 597. The monoisotopic (exact) mass is 316 g/mol. The van der Waals surface area contributed by atoms with Gasteiger partial charge in [-0.3, -0.25) is 4.79 Å². The topological polar surface area (TPSA) is 46.3 Å². The van der Waals surface area contributed by atoms with Crippen molar-refractivity contribution in [1.29, 1.82) is 0 Å². The van der Waals surface area contributed by atoms with Crippen LogP contribution in [0.3, 0.4) is 0 Å². The molecule has 4 heteroatoms. The van der Waals surface area contributed by atoms with Gasteiger partial charge < -0.3 is 10.6 Å². The molecule has 2 N–H and O–H groups in total. The average molecular weight is 317 g/mol. The van der Waals surface area contributed by atoms with Gasteiger partial charge in [0.25, 0.3) is 0 Å². The summed E-state index contributed by atoms with van der Waals surface area (Å²) in [4.78, 5) is 13.8. The normalized spacial score (nSPS) is 22.2. The van der Waals surface area contributed by atoms with Gasteiger partial charge in [0.2, 0.25) is 5.91 Å². The van der Waals surface area contributed by atoms with Gasteiger partial charge in [0.05, 0.1) is 6.04 Å². The SMILES string of the molecule is N[C@@H]1C(=O)N(c2ccccc2)[C@@H]1c1ccc(Br)cc1. The predicted molar refractivity (Wildman–Crippen MR) is 78.8 cm³/mol. The number of hydrogen-bond acceptors (Lipinski definition) is 2. The van der Waals surface area contributed by atoms with Gasteiger partial charge in [0.1, 0.15) is 6.04 Å². The van der Waals surface area contributed by atoms with E-state index in [2.05, 4.69) is 15.9 Å². The summed E-state index contributed by atoms with van der Waals surface area (Å²) in [5.74, 6) is -0.0286. The van der Waals surface area contributed by atoms with Crippen LogP contribution in [0, 0.1) is 0 Å². The molecule has 19 heavy (non-hydrogen) atoms. The summed E-state index contributed by atoms with van der Waals surface area (Å²) >= 11 is 3.41. The van der Waals surface area contributed by atoms with Crippen molar-refractivity contribution in [2.24, 2.45) is 5.73 Å². The Morgan fingerprint density at radius 2 is 1.63 bits per heavy atom. The van der Waals surface area contributed by atoms with Crippen LogP contribution in [0.5, 0.6) is 0 Å². The second kappa shape index (κ2) is 4.79. The third-order valence-corrected chi connectivity index (χ3v) is 3.92. The maximum atomic E-state index is 12.0. The average Bonchev–Trinajstić information content (AvgIpc) is 2.46. The van der Waals surface area contributed by atoms with E-state index in [0.29, 0.717) is 0 Å². The first kappa shape index (κ1) is 12.4. The summed E-state index contributed by atoms with van der Waals surface area (Å²) in [5.41, 5.74) is 7.91. The number of benzene rings is 2. The summed E-state index contributed by atoms with van der Waals surface area (Å²) < 4.78 is 1.02. The van der Waals surface area contributed by atoms with Gasteiger partial charge in [-0.05, 0) is 29.8 Å². The minimum absolute atomic E-state index is 0.0286. The van der Waals surface area contributed by atoms with Crippen molar-refractivity contribution in [3.63, 3.8) is 0 Å². The van der Waals surface area contributed by atoms with Crippen molar-refractivity contribution in [3.8, 4) is 0 Å². The number of hydrogen-bond donors (Lipinski definition) is 1. The van der Waals surface area contributed by atoms with E-state index in [1.807, 2.05) is 54.6 Å². The summed E-state index contributed by atoms with van der Waals surface area (Å²) in [5, 5.41) is 0. The molecule has 1 amide bonds. The molecule has 0 aliphatic carbocycles. The number of carbonyl (C=O) groups is 1. The third-order valence-electron chi connectivity index (χ3n) is 3.39. The van der Waals surface area contributed by atoms with Gasteiger partial charge in [-0.25, -0.2) is 0 Å². The fourth-order valence-electron chi connectivity index (χ4n) is 2.40. The van der Waals surface area contributed by atoms with E-state index in [4.69, 9.17) is 5.73 Å². The Labute approximate surface area is 120 Å². The van der Waals surface area contributed by atoms with Crippen LogP contribution in [-0.2, 0) is 4.79 Å². The van der Waals surface area contributed by atoms with Crippen LogP contribution in [0.15, 0.2) is 59.1 Å². The first-order chi connectivity index (χ1) is 9.18.